The Kier molecular flexibility index (Phi) is 16.3. The van der Waals surface area contributed by atoms with Gasteiger partial charge in [0.1, 0.15) is 0 Å². The first-order chi connectivity index (χ1) is 22.2. The molecular formula is C42H48Cl2SiZr. The summed E-state index contributed by atoms with van der Waals surface area (Å²) in [5.41, 5.74) is 11.0. The van der Waals surface area contributed by atoms with E-state index >= 15 is 0 Å². The van der Waals surface area contributed by atoms with Gasteiger partial charge in [0.2, 0.25) is 0 Å². The van der Waals surface area contributed by atoms with E-state index in [0.717, 1.165) is 22.4 Å². The number of hydrogen-bond donors (Lipinski definition) is 0. The molecule has 6 rings (SSSR count). The Morgan fingerprint density at radius 3 is 1.20 bits per heavy atom. The molecule has 0 aliphatic heterocycles. The maximum absolute atomic E-state index is 4.93. The molecule has 0 atom stereocenters. The second-order valence-corrected chi connectivity index (χ2v) is 16.9. The molecule has 4 heteroatoms. The van der Waals surface area contributed by atoms with E-state index in [0.29, 0.717) is 11.8 Å². The van der Waals surface area contributed by atoms with Crippen LogP contribution in [0.3, 0.4) is 0 Å². The van der Waals surface area contributed by atoms with Gasteiger partial charge in [-0.1, -0.05) is 126 Å². The SMILES string of the molecule is CCc1ccc(-c2cccc3[cH-]c(C(C)C)cc23)cc1.CCc1ccc(-c2cccc3[cH-]c(C(C)C)cc23)cc1.C[Si]C.[Cl][Zr+2][Cl]. The Balaban J connectivity index is 0.000000214. The van der Waals surface area contributed by atoms with Crippen molar-refractivity contribution in [3.05, 3.63) is 131 Å². The van der Waals surface area contributed by atoms with Crippen molar-refractivity contribution >= 4 is 48.1 Å². The molecule has 6 aromatic rings. The first-order valence-electron chi connectivity index (χ1n) is 16.3. The number of fused-ring (bicyclic) bond motifs is 2. The van der Waals surface area contributed by atoms with Crippen LogP contribution in [-0.2, 0) is 33.7 Å². The van der Waals surface area contributed by atoms with Crippen LogP contribution in [0.2, 0.25) is 13.1 Å². The number of benzene rings is 4. The molecule has 0 saturated carbocycles. The number of hydrogen-bond acceptors (Lipinski definition) is 0. The number of rotatable bonds is 6. The summed E-state index contributed by atoms with van der Waals surface area (Å²) in [7, 11) is 11.0. The molecular weight excluding hydrogens is 695 g/mol. The molecule has 0 aromatic heterocycles. The van der Waals surface area contributed by atoms with Crippen LogP contribution < -0.4 is 0 Å². The Morgan fingerprint density at radius 1 is 0.587 bits per heavy atom. The van der Waals surface area contributed by atoms with Crippen molar-refractivity contribution < 1.29 is 20.8 Å². The Bertz CT molecular complexity index is 1610. The van der Waals surface area contributed by atoms with E-state index in [1.807, 2.05) is 0 Å². The van der Waals surface area contributed by atoms with Crippen molar-refractivity contribution in [3.63, 3.8) is 0 Å². The van der Waals surface area contributed by atoms with Crippen LogP contribution in [0.5, 0.6) is 0 Å². The van der Waals surface area contributed by atoms with Crippen molar-refractivity contribution in [2.75, 3.05) is 0 Å². The van der Waals surface area contributed by atoms with Crippen LogP contribution in [0.25, 0.3) is 43.8 Å². The molecule has 0 amide bonds. The minimum absolute atomic E-state index is 0.581. The Morgan fingerprint density at radius 2 is 0.913 bits per heavy atom. The summed E-state index contributed by atoms with van der Waals surface area (Å²) >= 11 is -0.826. The van der Waals surface area contributed by atoms with E-state index < -0.39 is 20.8 Å². The van der Waals surface area contributed by atoms with Gasteiger partial charge >= 0.3 is 37.9 Å². The average Bonchev–Trinajstić information content (AvgIpc) is 3.72. The van der Waals surface area contributed by atoms with Crippen LogP contribution in [0, 0.1) is 0 Å². The van der Waals surface area contributed by atoms with Crippen LogP contribution in [0.15, 0.2) is 109 Å². The summed E-state index contributed by atoms with van der Waals surface area (Å²) in [6.45, 7) is 17.7. The van der Waals surface area contributed by atoms with Crippen LogP contribution in [0.1, 0.15) is 75.6 Å². The van der Waals surface area contributed by atoms with Gasteiger partial charge in [0.15, 0.2) is 0 Å². The van der Waals surface area contributed by atoms with Gasteiger partial charge in [0.25, 0.3) is 0 Å². The first-order valence-corrected chi connectivity index (χ1v) is 24.7. The number of aryl methyl sites for hydroxylation is 2. The van der Waals surface area contributed by atoms with E-state index in [4.69, 9.17) is 17.0 Å². The van der Waals surface area contributed by atoms with Crippen LogP contribution >= 0.6 is 17.0 Å². The average molecular weight is 743 g/mol. The first kappa shape index (κ1) is 38.2. The van der Waals surface area contributed by atoms with Gasteiger partial charge in [0, 0.05) is 9.52 Å². The molecule has 0 N–H and O–H groups in total. The van der Waals surface area contributed by atoms with E-state index in [2.05, 4.69) is 164 Å². The van der Waals surface area contributed by atoms with Crippen LogP contribution in [-0.4, -0.2) is 9.52 Å². The third-order valence-electron chi connectivity index (χ3n) is 8.23. The Hall–Kier alpha value is -2.22. The normalized spacial score (nSPS) is 10.5. The third kappa shape index (κ3) is 10.4. The van der Waals surface area contributed by atoms with Crippen molar-refractivity contribution in [2.24, 2.45) is 0 Å². The molecule has 0 bridgehead atoms. The summed E-state index contributed by atoms with van der Waals surface area (Å²) in [5.74, 6) is 1.16. The van der Waals surface area contributed by atoms with Gasteiger partial charge in [-0.15, -0.1) is 69.1 Å². The van der Waals surface area contributed by atoms with Crippen molar-refractivity contribution in [2.45, 2.75) is 79.3 Å². The fraction of sp³-hybridized carbons (Fsp3) is 0.286. The van der Waals surface area contributed by atoms with Gasteiger partial charge in [0.05, 0.1) is 0 Å². The van der Waals surface area contributed by atoms with E-state index in [1.54, 1.807) is 0 Å². The predicted octanol–water partition coefficient (Wildman–Crippen LogP) is 14.0. The number of halogens is 2. The van der Waals surface area contributed by atoms with Gasteiger partial charge in [-0.3, -0.25) is 0 Å². The van der Waals surface area contributed by atoms with Crippen molar-refractivity contribution in [3.8, 4) is 22.3 Å². The van der Waals surface area contributed by atoms with E-state index in [1.165, 1.54) is 66.1 Å². The summed E-state index contributed by atoms with van der Waals surface area (Å²) in [6.07, 6.45) is 2.19. The molecule has 238 valence electrons. The minimum atomic E-state index is -0.826. The molecule has 2 radical (unpaired) electrons. The fourth-order valence-corrected chi connectivity index (χ4v) is 5.53. The molecule has 0 aliphatic rings. The molecule has 0 unspecified atom stereocenters. The van der Waals surface area contributed by atoms with E-state index in [9.17, 15) is 0 Å². The maximum atomic E-state index is 4.93. The van der Waals surface area contributed by atoms with Crippen molar-refractivity contribution in [1.29, 1.82) is 0 Å². The molecule has 0 aliphatic carbocycles. The van der Waals surface area contributed by atoms with Gasteiger partial charge in [-0.2, -0.15) is 12.1 Å². The molecule has 0 nitrogen and oxygen atoms in total. The topological polar surface area (TPSA) is 0 Å². The standard InChI is InChI=1S/2C20H21.C2H6Si.2ClH.Zr/c2*1-4-15-8-10-16(11-9-15)19-7-5-6-17-12-18(14(2)3)13-20(17)19;1-3-2;;;/h2*5-14H,4H2,1-3H3;1-2H3;2*1H;/q2*-1;;;;+4/p-2. The molecule has 0 fully saturated rings. The van der Waals surface area contributed by atoms with Gasteiger partial charge < -0.3 is 0 Å². The molecule has 0 heterocycles. The summed E-state index contributed by atoms with van der Waals surface area (Å²) < 4.78 is 0. The Labute approximate surface area is 299 Å². The summed E-state index contributed by atoms with van der Waals surface area (Å²) in [5, 5.41) is 5.46. The van der Waals surface area contributed by atoms with E-state index in [-0.39, 0.29) is 0 Å². The zero-order chi connectivity index (χ0) is 33.6. The molecule has 0 spiro atoms. The quantitative estimate of drug-likeness (QED) is 0.118. The zero-order valence-electron chi connectivity index (χ0n) is 28.7. The van der Waals surface area contributed by atoms with Crippen LogP contribution in [0.4, 0.5) is 0 Å². The van der Waals surface area contributed by atoms with Crippen molar-refractivity contribution in [1.82, 2.24) is 0 Å². The predicted molar refractivity (Wildman–Crippen MR) is 206 cm³/mol. The second-order valence-electron chi connectivity index (χ2n) is 12.2. The third-order valence-corrected chi connectivity index (χ3v) is 8.23. The zero-order valence-corrected chi connectivity index (χ0v) is 33.7. The van der Waals surface area contributed by atoms with Gasteiger partial charge in [-0.25, -0.2) is 0 Å². The fourth-order valence-electron chi connectivity index (χ4n) is 5.53. The summed E-state index contributed by atoms with van der Waals surface area (Å²) in [4.78, 5) is 0. The molecule has 6 aromatic carbocycles. The summed E-state index contributed by atoms with van der Waals surface area (Å²) in [6, 6.07) is 40.5. The second kappa shape index (κ2) is 19.6. The van der Waals surface area contributed by atoms with Gasteiger partial charge in [-0.05, 0) is 46.9 Å². The molecule has 0 saturated heterocycles. The molecule has 46 heavy (non-hydrogen) atoms. The monoisotopic (exact) mass is 740 g/mol.